The first-order valence-electron chi connectivity index (χ1n) is 9.45. The van der Waals surface area contributed by atoms with Crippen LogP contribution in [0.15, 0.2) is 0 Å². The van der Waals surface area contributed by atoms with Crippen LogP contribution >= 0.6 is 0 Å². The average Bonchev–Trinajstić information content (AvgIpc) is 2.70. The highest BCUT2D eigenvalue weighted by atomic mass is 16.5. The molecule has 0 aromatic heterocycles. The first kappa shape index (κ1) is 28.0. The van der Waals surface area contributed by atoms with Crippen LogP contribution in [0, 0.1) is 50.7 Å². The molecule has 0 heterocycles. The molecule has 0 rings (SSSR count). The number of ether oxygens (including phenoxy) is 4. The van der Waals surface area contributed by atoms with Crippen molar-refractivity contribution in [2.45, 2.75) is 46.0 Å². The third-order valence-electron chi connectivity index (χ3n) is 3.07. The predicted octanol–water partition coefficient (Wildman–Crippen LogP) is 3.11. The van der Waals surface area contributed by atoms with Crippen LogP contribution in [0.4, 0.5) is 0 Å². The van der Waals surface area contributed by atoms with Crippen molar-refractivity contribution in [3.05, 3.63) is 0 Å². The van der Waals surface area contributed by atoms with Crippen LogP contribution in [0.5, 0.6) is 0 Å². The maximum absolute atomic E-state index is 8.60. The molecular weight excluding hydrogens is 360 g/mol. The monoisotopic (exact) mass is 392 g/mol. The minimum atomic E-state index is -0.629. The highest BCUT2D eigenvalue weighted by Gasteiger charge is 2.32. The smallest absolute Gasteiger partial charge is 0.0645 e. The van der Waals surface area contributed by atoms with E-state index >= 15 is 0 Å². The highest BCUT2D eigenvalue weighted by molar-refractivity contribution is 4.81. The van der Waals surface area contributed by atoms with Crippen molar-refractivity contribution in [3.63, 3.8) is 0 Å². The van der Waals surface area contributed by atoms with Gasteiger partial charge in [-0.3, -0.25) is 0 Å². The van der Waals surface area contributed by atoms with Gasteiger partial charge in [0, 0.05) is 0 Å². The summed E-state index contributed by atoms with van der Waals surface area (Å²) in [5.74, 6) is 0. The van der Waals surface area contributed by atoms with E-state index in [2.05, 4.69) is 13.8 Å². The molecule has 0 atom stereocenters. The van der Waals surface area contributed by atoms with Crippen LogP contribution in [0.1, 0.15) is 46.0 Å². The van der Waals surface area contributed by atoms with Gasteiger partial charge in [-0.15, -0.1) is 0 Å². The van der Waals surface area contributed by atoms with Crippen molar-refractivity contribution >= 4 is 0 Å². The molecule has 0 aliphatic carbocycles. The molecule has 8 nitrogen and oxygen atoms in total. The summed E-state index contributed by atoms with van der Waals surface area (Å²) in [6, 6.07) is 8.03. The quantitative estimate of drug-likeness (QED) is 0.366. The SMILES string of the molecule is CCC.N#CCCOCC(COCCC#N)(COCCC#N)COCCC#N. The second-order valence-electron chi connectivity index (χ2n) is 6.05. The fourth-order valence-electron chi connectivity index (χ4n) is 1.88. The normalized spacial score (nSPS) is 9.93. The van der Waals surface area contributed by atoms with E-state index in [1.807, 2.05) is 24.3 Å². The van der Waals surface area contributed by atoms with Crippen molar-refractivity contribution in [2.75, 3.05) is 52.9 Å². The molecule has 0 spiro atoms. The van der Waals surface area contributed by atoms with Gasteiger partial charge in [0.1, 0.15) is 0 Å². The number of nitriles is 4. The summed E-state index contributed by atoms with van der Waals surface area (Å²) in [6.45, 7) is 6.39. The lowest BCUT2D eigenvalue weighted by atomic mass is 9.92. The Morgan fingerprint density at radius 1 is 0.536 bits per heavy atom. The van der Waals surface area contributed by atoms with Crippen LogP contribution in [0.3, 0.4) is 0 Å². The molecule has 0 N–H and O–H groups in total. The van der Waals surface area contributed by atoms with Gasteiger partial charge in [0.25, 0.3) is 0 Å². The Bertz CT molecular complexity index is 421. The van der Waals surface area contributed by atoms with Crippen LogP contribution in [-0.4, -0.2) is 52.9 Å². The number of hydrogen-bond donors (Lipinski definition) is 0. The Kier molecular flexibility index (Phi) is 22.9. The molecule has 0 radical (unpaired) electrons. The van der Waals surface area contributed by atoms with Gasteiger partial charge in [0.2, 0.25) is 0 Å². The fraction of sp³-hybridized carbons (Fsp3) is 0.800. The molecule has 0 aliphatic heterocycles. The van der Waals surface area contributed by atoms with Gasteiger partial charge >= 0.3 is 0 Å². The summed E-state index contributed by atoms with van der Waals surface area (Å²) in [5.41, 5.74) is -0.629. The molecule has 0 unspecified atom stereocenters. The topological polar surface area (TPSA) is 132 Å². The van der Waals surface area contributed by atoms with E-state index in [1.165, 1.54) is 6.42 Å². The summed E-state index contributed by atoms with van der Waals surface area (Å²) in [5, 5.41) is 34.4. The van der Waals surface area contributed by atoms with E-state index in [9.17, 15) is 0 Å². The Labute approximate surface area is 169 Å². The standard InChI is InChI=1S/C17H24N4O4.C3H8/c18-5-1-9-22-13-17(14-23-10-2-6-19,15-24-11-3-7-20)16-25-12-4-8-21;1-3-2/h1-4,9-16H2;3H2,1-2H3. The predicted molar refractivity (Wildman–Crippen MR) is 103 cm³/mol. The van der Waals surface area contributed by atoms with Gasteiger partial charge in [-0.2, -0.15) is 21.0 Å². The molecule has 0 aliphatic rings. The van der Waals surface area contributed by atoms with Crippen molar-refractivity contribution in [1.29, 1.82) is 21.0 Å². The second kappa shape index (κ2) is 22.8. The Morgan fingerprint density at radius 2 is 0.750 bits per heavy atom. The third-order valence-corrected chi connectivity index (χ3v) is 3.07. The van der Waals surface area contributed by atoms with Gasteiger partial charge < -0.3 is 18.9 Å². The lowest BCUT2D eigenvalue weighted by Crippen LogP contribution is -2.42. The van der Waals surface area contributed by atoms with Crippen LogP contribution in [0.2, 0.25) is 0 Å². The van der Waals surface area contributed by atoms with Crippen LogP contribution in [-0.2, 0) is 18.9 Å². The molecule has 8 heteroatoms. The maximum atomic E-state index is 8.60. The Morgan fingerprint density at radius 3 is 0.929 bits per heavy atom. The largest absolute Gasteiger partial charge is 0.380 e. The van der Waals surface area contributed by atoms with E-state index in [1.54, 1.807) is 0 Å². The van der Waals surface area contributed by atoms with Crippen LogP contribution in [0.25, 0.3) is 0 Å². The number of rotatable bonds is 16. The lowest BCUT2D eigenvalue weighted by molar-refractivity contribution is -0.104. The lowest BCUT2D eigenvalue weighted by Gasteiger charge is -2.32. The average molecular weight is 393 g/mol. The zero-order chi connectivity index (χ0) is 21.3. The zero-order valence-corrected chi connectivity index (χ0v) is 17.1. The number of hydrogen-bond acceptors (Lipinski definition) is 8. The summed E-state index contributed by atoms with van der Waals surface area (Å²) >= 11 is 0. The molecular formula is C20H32N4O4. The molecule has 156 valence electrons. The van der Waals surface area contributed by atoms with Gasteiger partial charge in [-0.25, -0.2) is 0 Å². The minimum absolute atomic E-state index is 0.250. The van der Waals surface area contributed by atoms with Gasteiger partial charge in [0.05, 0.1) is 108 Å². The Balaban J connectivity index is 0. The first-order valence-corrected chi connectivity index (χ1v) is 9.45. The molecule has 0 bridgehead atoms. The third kappa shape index (κ3) is 18.6. The van der Waals surface area contributed by atoms with Gasteiger partial charge in [0.15, 0.2) is 0 Å². The molecule has 0 saturated heterocycles. The van der Waals surface area contributed by atoms with Gasteiger partial charge in [-0.1, -0.05) is 20.3 Å². The Hall–Kier alpha value is -2.20. The first-order chi connectivity index (χ1) is 13.7. The van der Waals surface area contributed by atoms with E-state index in [0.717, 1.165) is 0 Å². The van der Waals surface area contributed by atoms with E-state index < -0.39 is 5.41 Å². The summed E-state index contributed by atoms with van der Waals surface area (Å²) < 4.78 is 22.2. The fourth-order valence-corrected chi connectivity index (χ4v) is 1.88. The molecule has 0 fully saturated rings. The summed E-state index contributed by atoms with van der Waals surface area (Å²) in [4.78, 5) is 0. The molecule has 0 amide bonds. The van der Waals surface area contributed by atoms with E-state index in [-0.39, 0.29) is 78.5 Å². The van der Waals surface area contributed by atoms with Crippen molar-refractivity contribution in [3.8, 4) is 24.3 Å². The van der Waals surface area contributed by atoms with Crippen molar-refractivity contribution in [1.82, 2.24) is 0 Å². The zero-order valence-electron chi connectivity index (χ0n) is 17.1. The van der Waals surface area contributed by atoms with Crippen LogP contribution < -0.4 is 0 Å². The second-order valence-corrected chi connectivity index (χ2v) is 6.05. The maximum Gasteiger partial charge on any atom is 0.0645 e. The molecule has 0 aromatic carbocycles. The molecule has 28 heavy (non-hydrogen) atoms. The molecule has 0 aromatic rings. The van der Waals surface area contributed by atoms with Gasteiger partial charge in [-0.05, 0) is 0 Å². The minimum Gasteiger partial charge on any atom is -0.380 e. The van der Waals surface area contributed by atoms with Crippen molar-refractivity contribution < 1.29 is 18.9 Å². The highest BCUT2D eigenvalue weighted by Crippen LogP contribution is 2.21. The summed E-state index contributed by atoms with van der Waals surface area (Å²) in [6.07, 6.45) is 2.35. The van der Waals surface area contributed by atoms with Crippen molar-refractivity contribution in [2.24, 2.45) is 5.41 Å². The molecule has 0 saturated carbocycles. The van der Waals surface area contributed by atoms with E-state index in [0.29, 0.717) is 0 Å². The number of nitrogens with zero attached hydrogens (tertiary/aromatic N) is 4. The van der Waals surface area contributed by atoms with E-state index in [4.69, 9.17) is 40.0 Å². The summed E-state index contributed by atoms with van der Waals surface area (Å²) in [7, 11) is 0.